The fraction of sp³-hybridized carbons (Fsp3) is 0.312. The third-order valence-electron chi connectivity index (χ3n) is 4.08. The van der Waals surface area contributed by atoms with Gasteiger partial charge < -0.3 is 10.2 Å². The van der Waals surface area contributed by atoms with Gasteiger partial charge in [-0.2, -0.15) is 5.10 Å². The zero-order valence-electron chi connectivity index (χ0n) is 13.5. The molecular weight excluding hydrogens is 330 g/mol. The summed E-state index contributed by atoms with van der Waals surface area (Å²) in [6.07, 6.45) is 2.71. The molecule has 0 unspecified atom stereocenters. The molecule has 0 aliphatic carbocycles. The summed E-state index contributed by atoms with van der Waals surface area (Å²) in [5.74, 6) is -2.79. The SMILES string of the molecule is CCC(Cc1cnn(Cc2cccc([N+](=O)[O-])c2)c1)(C(=O)O)C(=O)O. The van der Waals surface area contributed by atoms with Crippen molar-refractivity contribution in [3.8, 4) is 0 Å². The highest BCUT2D eigenvalue weighted by molar-refractivity contribution is 5.98. The minimum absolute atomic E-state index is 0.0355. The summed E-state index contributed by atoms with van der Waals surface area (Å²) in [7, 11) is 0. The van der Waals surface area contributed by atoms with Gasteiger partial charge in [0, 0.05) is 24.8 Å². The Bertz CT molecular complexity index is 800. The maximum absolute atomic E-state index is 11.4. The lowest BCUT2D eigenvalue weighted by Crippen LogP contribution is -2.40. The topological polar surface area (TPSA) is 136 Å². The molecule has 2 rings (SSSR count). The summed E-state index contributed by atoms with van der Waals surface area (Å²) in [6.45, 7) is 1.76. The Morgan fingerprint density at radius 1 is 1.28 bits per heavy atom. The number of nitrogens with zero attached hydrogens (tertiary/aromatic N) is 3. The van der Waals surface area contributed by atoms with Crippen LogP contribution in [-0.2, 0) is 22.6 Å². The summed E-state index contributed by atoms with van der Waals surface area (Å²) < 4.78 is 1.48. The summed E-state index contributed by atoms with van der Waals surface area (Å²) in [4.78, 5) is 33.2. The highest BCUT2D eigenvalue weighted by Crippen LogP contribution is 2.28. The number of rotatable bonds is 8. The van der Waals surface area contributed by atoms with Crippen molar-refractivity contribution in [3.05, 3.63) is 57.9 Å². The van der Waals surface area contributed by atoms with Crippen LogP contribution in [0.3, 0.4) is 0 Å². The Hall–Kier alpha value is -3.23. The van der Waals surface area contributed by atoms with Gasteiger partial charge in [-0.15, -0.1) is 0 Å². The first-order valence-corrected chi connectivity index (χ1v) is 7.50. The van der Waals surface area contributed by atoms with Crippen LogP contribution >= 0.6 is 0 Å². The lowest BCUT2D eigenvalue weighted by molar-refractivity contribution is -0.384. The van der Waals surface area contributed by atoms with Crippen molar-refractivity contribution in [2.24, 2.45) is 5.41 Å². The van der Waals surface area contributed by atoms with E-state index in [0.717, 1.165) is 0 Å². The zero-order chi connectivity index (χ0) is 18.6. The highest BCUT2D eigenvalue weighted by atomic mass is 16.6. The molecule has 0 fully saturated rings. The number of aliphatic carboxylic acids is 2. The van der Waals surface area contributed by atoms with Crippen molar-refractivity contribution >= 4 is 17.6 Å². The first-order chi connectivity index (χ1) is 11.8. The van der Waals surface area contributed by atoms with E-state index in [2.05, 4.69) is 5.10 Å². The van der Waals surface area contributed by atoms with Crippen molar-refractivity contribution in [1.82, 2.24) is 9.78 Å². The average molecular weight is 347 g/mol. The van der Waals surface area contributed by atoms with Crippen LogP contribution in [0.5, 0.6) is 0 Å². The van der Waals surface area contributed by atoms with Crippen LogP contribution in [0, 0.1) is 15.5 Å². The van der Waals surface area contributed by atoms with Gasteiger partial charge in [0.25, 0.3) is 5.69 Å². The van der Waals surface area contributed by atoms with E-state index in [1.165, 1.54) is 29.9 Å². The summed E-state index contributed by atoms with van der Waals surface area (Å²) in [6, 6.07) is 6.08. The van der Waals surface area contributed by atoms with Gasteiger partial charge in [-0.05, 0) is 17.5 Å². The fourth-order valence-corrected chi connectivity index (χ4v) is 2.56. The number of hydrogen-bond acceptors (Lipinski definition) is 5. The van der Waals surface area contributed by atoms with E-state index in [4.69, 9.17) is 0 Å². The van der Waals surface area contributed by atoms with Crippen LogP contribution in [0.4, 0.5) is 5.69 Å². The van der Waals surface area contributed by atoms with E-state index in [1.807, 2.05) is 0 Å². The first kappa shape index (κ1) is 18.1. The maximum atomic E-state index is 11.4. The normalized spacial score (nSPS) is 11.2. The van der Waals surface area contributed by atoms with E-state index in [0.29, 0.717) is 11.1 Å². The van der Waals surface area contributed by atoms with Crippen LogP contribution in [0.2, 0.25) is 0 Å². The number of carboxylic acid groups (broad SMARTS) is 2. The average Bonchev–Trinajstić information content (AvgIpc) is 2.99. The predicted octanol–water partition coefficient (Wildman–Crippen LogP) is 1.95. The van der Waals surface area contributed by atoms with E-state index in [1.54, 1.807) is 18.3 Å². The zero-order valence-corrected chi connectivity index (χ0v) is 13.5. The van der Waals surface area contributed by atoms with Crippen LogP contribution in [0.25, 0.3) is 0 Å². The molecule has 1 heterocycles. The van der Waals surface area contributed by atoms with Gasteiger partial charge in [0.2, 0.25) is 0 Å². The monoisotopic (exact) mass is 347 g/mol. The molecule has 2 N–H and O–H groups in total. The van der Waals surface area contributed by atoms with Gasteiger partial charge in [-0.3, -0.25) is 24.4 Å². The Morgan fingerprint density at radius 2 is 1.96 bits per heavy atom. The van der Waals surface area contributed by atoms with Crippen LogP contribution in [0.15, 0.2) is 36.7 Å². The van der Waals surface area contributed by atoms with E-state index < -0.39 is 22.3 Å². The third kappa shape index (κ3) is 3.82. The van der Waals surface area contributed by atoms with Gasteiger partial charge in [0.1, 0.15) is 0 Å². The van der Waals surface area contributed by atoms with Crippen molar-refractivity contribution in [2.75, 3.05) is 0 Å². The molecule has 0 atom stereocenters. The summed E-state index contributed by atoms with van der Waals surface area (Å²) in [5, 5.41) is 33.5. The molecule has 9 heteroatoms. The van der Waals surface area contributed by atoms with Crippen molar-refractivity contribution in [3.63, 3.8) is 0 Å². The maximum Gasteiger partial charge on any atom is 0.321 e. The molecule has 25 heavy (non-hydrogen) atoms. The smallest absolute Gasteiger partial charge is 0.321 e. The number of aromatic nitrogens is 2. The molecule has 0 amide bonds. The number of hydrogen-bond donors (Lipinski definition) is 2. The molecule has 1 aromatic heterocycles. The lowest BCUT2D eigenvalue weighted by atomic mass is 9.80. The minimum atomic E-state index is -1.90. The highest BCUT2D eigenvalue weighted by Gasteiger charge is 2.45. The molecule has 0 aliphatic heterocycles. The molecular formula is C16H17N3O6. The lowest BCUT2D eigenvalue weighted by Gasteiger charge is -2.22. The van der Waals surface area contributed by atoms with Crippen LogP contribution < -0.4 is 0 Å². The molecule has 9 nitrogen and oxygen atoms in total. The molecule has 0 saturated heterocycles. The van der Waals surface area contributed by atoms with Crippen molar-refractivity contribution in [1.29, 1.82) is 0 Å². The van der Waals surface area contributed by atoms with E-state index >= 15 is 0 Å². The van der Waals surface area contributed by atoms with Crippen molar-refractivity contribution in [2.45, 2.75) is 26.3 Å². The van der Waals surface area contributed by atoms with Gasteiger partial charge in [0.05, 0.1) is 17.7 Å². The van der Waals surface area contributed by atoms with Crippen LogP contribution in [-0.4, -0.2) is 36.9 Å². The number of carbonyl (C=O) groups is 2. The second kappa shape index (κ2) is 7.12. The van der Waals surface area contributed by atoms with Gasteiger partial charge >= 0.3 is 11.9 Å². The van der Waals surface area contributed by atoms with E-state index in [9.17, 15) is 29.9 Å². The number of nitro groups is 1. The molecule has 0 spiro atoms. The van der Waals surface area contributed by atoms with Crippen LogP contribution in [0.1, 0.15) is 24.5 Å². The van der Waals surface area contributed by atoms with E-state index in [-0.39, 0.29) is 25.1 Å². The Kier molecular flexibility index (Phi) is 5.16. The quantitative estimate of drug-likeness (QED) is 0.423. The van der Waals surface area contributed by atoms with Gasteiger partial charge in [-0.1, -0.05) is 19.1 Å². The molecule has 132 valence electrons. The first-order valence-electron chi connectivity index (χ1n) is 7.50. The molecule has 0 aliphatic rings. The minimum Gasteiger partial charge on any atom is -0.480 e. The fourth-order valence-electron chi connectivity index (χ4n) is 2.56. The number of nitro benzene ring substituents is 1. The second-order valence-corrected chi connectivity index (χ2v) is 5.70. The predicted molar refractivity (Wildman–Crippen MR) is 86.1 cm³/mol. The molecule has 2 aromatic rings. The Balaban J connectivity index is 2.20. The number of benzene rings is 1. The number of carboxylic acids is 2. The second-order valence-electron chi connectivity index (χ2n) is 5.70. The largest absolute Gasteiger partial charge is 0.480 e. The standard InChI is InChI=1S/C16H17N3O6/c1-2-16(14(20)21,15(22)23)7-12-8-17-18(10-12)9-11-4-3-5-13(6-11)19(24)25/h3-6,8,10H,2,7,9H2,1H3,(H,20,21)(H,22,23). The third-order valence-corrected chi connectivity index (χ3v) is 4.08. The molecule has 0 bridgehead atoms. The molecule has 1 aromatic carbocycles. The Labute approximate surface area is 142 Å². The summed E-state index contributed by atoms with van der Waals surface area (Å²) in [5.41, 5.74) is -0.815. The van der Waals surface area contributed by atoms with Gasteiger partial charge in [-0.25, -0.2) is 0 Å². The molecule has 0 radical (unpaired) electrons. The Morgan fingerprint density at radius 3 is 2.52 bits per heavy atom. The summed E-state index contributed by atoms with van der Waals surface area (Å²) >= 11 is 0. The van der Waals surface area contributed by atoms with Crippen molar-refractivity contribution < 1.29 is 24.7 Å². The molecule has 0 saturated carbocycles. The van der Waals surface area contributed by atoms with Gasteiger partial charge in [0.15, 0.2) is 5.41 Å². The number of non-ortho nitro benzene ring substituents is 1.